The number of amides is 3. The second-order valence-corrected chi connectivity index (χ2v) is 5.39. The standard InChI is InChI=1S/C17H15FN4O5/c18-13-5-1-3-11(7-13)8-15(23)19-10-16(24)20-21-17(25)12-4-2-6-14(9-12)22(26)27/h1-7,9H,8,10H2,(H,19,23)(H,20,24)(H,21,25). The molecule has 0 saturated heterocycles. The van der Waals surface area contributed by atoms with Crippen LogP contribution in [0.5, 0.6) is 0 Å². The van der Waals surface area contributed by atoms with Crippen LogP contribution in [-0.2, 0) is 16.0 Å². The highest BCUT2D eigenvalue weighted by atomic mass is 19.1. The lowest BCUT2D eigenvalue weighted by atomic mass is 10.1. The van der Waals surface area contributed by atoms with Crippen molar-refractivity contribution in [1.82, 2.24) is 16.2 Å². The van der Waals surface area contributed by atoms with Gasteiger partial charge in [0.25, 0.3) is 17.5 Å². The summed E-state index contributed by atoms with van der Waals surface area (Å²) in [6, 6.07) is 10.5. The van der Waals surface area contributed by atoms with E-state index in [0.29, 0.717) is 5.56 Å². The minimum absolute atomic E-state index is 0.0142. The lowest BCUT2D eigenvalue weighted by Crippen LogP contribution is -2.46. The Morgan fingerprint density at radius 3 is 2.44 bits per heavy atom. The van der Waals surface area contributed by atoms with Crippen molar-refractivity contribution < 1.29 is 23.7 Å². The van der Waals surface area contributed by atoms with E-state index in [-0.39, 0.29) is 17.7 Å². The maximum absolute atomic E-state index is 13.0. The molecule has 140 valence electrons. The smallest absolute Gasteiger partial charge is 0.270 e. The van der Waals surface area contributed by atoms with Crippen LogP contribution in [0.3, 0.4) is 0 Å². The summed E-state index contributed by atoms with van der Waals surface area (Å²) in [5.41, 5.74) is 4.33. The first-order valence-electron chi connectivity index (χ1n) is 7.70. The van der Waals surface area contributed by atoms with Crippen molar-refractivity contribution in [3.05, 3.63) is 75.6 Å². The van der Waals surface area contributed by atoms with Gasteiger partial charge in [-0.3, -0.25) is 35.3 Å². The van der Waals surface area contributed by atoms with E-state index >= 15 is 0 Å². The highest BCUT2D eigenvalue weighted by Crippen LogP contribution is 2.12. The molecule has 0 aliphatic rings. The fourth-order valence-electron chi connectivity index (χ4n) is 2.08. The molecule has 0 saturated carbocycles. The van der Waals surface area contributed by atoms with Gasteiger partial charge < -0.3 is 5.32 Å². The lowest BCUT2D eigenvalue weighted by Gasteiger charge is -2.08. The molecule has 0 fully saturated rings. The normalized spacial score (nSPS) is 9.96. The van der Waals surface area contributed by atoms with E-state index in [0.717, 1.165) is 6.07 Å². The Balaban J connectivity index is 1.77. The molecule has 0 radical (unpaired) electrons. The number of non-ortho nitro benzene ring substituents is 1. The molecule has 10 heteroatoms. The summed E-state index contributed by atoms with van der Waals surface area (Å²) in [7, 11) is 0. The number of nitrogens with one attached hydrogen (secondary N) is 3. The van der Waals surface area contributed by atoms with Crippen LogP contribution >= 0.6 is 0 Å². The van der Waals surface area contributed by atoms with Crippen LogP contribution in [0.1, 0.15) is 15.9 Å². The molecule has 0 bridgehead atoms. The van der Waals surface area contributed by atoms with Crippen molar-refractivity contribution >= 4 is 23.4 Å². The van der Waals surface area contributed by atoms with Crippen LogP contribution in [0.15, 0.2) is 48.5 Å². The first-order valence-corrected chi connectivity index (χ1v) is 7.70. The zero-order valence-electron chi connectivity index (χ0n) is 13.9. The summed E-state index contributed by atoms with van der Waals surface area (Å²) in [5.74, 6) is -2.43. The van der Waals surface area contributed by atoms with E-state index in [9.17, 15) is 28.9 Å². The quantitative estimate of drug-likeness (QED) is 0.510. The zero-order chi connectivity index (χ0) is 19.8. The summed E-state index contributed by atoms with van der Waals surface area (Å²) < 4.78 is 13.0. The summed E-state index contributed by atoms with van der Waals surface area (Å²) >= 11 is 0. The van der Waals surface area contributed by atoms with E-state index in [1.54, 1.807) is 6.07 Å². The highest BCUT2D eigenvalue weighted by Gasteiger charge is 2.12. The van der Waals surface area contributed by atoms with Gasteiger partial charge in [0.1, 0.15) is 5.82 Å². The zero-order valence-corrected chi connectivity index (χ0v) is 13.9. The van der Waals surface area contributed by atoms with Crippen molar-refractivity contribution in [1.29, 1.82) is 0 Å². The number of nitro groups is 1. The average molecular weight is 374 g/mol. The average Bonchev–Trinajstić information content (AvgIpc) is 2.64. The van der Waals surface area contributed by atoms with Gasteiger partial charge in [-0.2, -0.15) is 0 Å². The Hall–Kier alpha value is -3.82. The molecule has 2 aromatic rings. The Morgan fingerprint density at radius 2 is 1.74 bits per heavy atom. The molecule has 9 nitrogen and oxygen atoms in total. The van der Waals surface area contributed by atoms with Crippen molar-refractivity contribution in [2.45, 2.75) is 6.42 Å². The first kappa shape index (κ1) is 19.5. The summed E-state index contributed by atoms with van der Waals surface area (Å²) in [5, 5.41) is 13.0. The van der Waals surface area contributed by atoms with Crippen molar-refractivity contribution in [3.8, 4) is 0 Å². The van der Waals surface area contributed by atoms with E-state index in [2.05, 4.69) is 16.2 Å². The third kappa shape index (κ3) is 6.20. The molecule has 0 heterocycles. The number of rotatable bonds is 6. The first-order chi connectivity index (χ1) is 12.8. The Bertz CT molecular complexity index is 887. The minimum Gasteiger partial charge on any atom is -0.347 e. The SMILES string of the molecule is O=C(Cc1cccc(F)c1)NCC(=O)NNC(=O)c1cccc([N+](=O)[O-])c1. The molecule has 0 aliphatic carbocycles. The summed E-state index contributed by atoms with van der Waals surface area (Å²) in [6.07, 6.45) is -0.106. The third-order valence-electron chi connectivity index (χ3n) is 3.33. The summed E-state index contributed by atoms with van der Waals surface area (Å²) in [6.45, 7) is -0.413. The van der Waals surface area contributed by atoms with E-state index in [4.69, 9.17) is 0 Å². The van der Waals surface area contributed by atoms with Crippen LogP contribution in [0, 0.1) is 15.9 Å². The minimum atomic E-state index is -0.752. The fraction of sp³-hybridized carbons (Fsp3) is 0.118. The number of benzene rings is 2. The summed E-state index contributed by atoms with van der Waals surface area (Å²) in [4.78, 5) is 45.3. The number of nitrogens with zero attached hydrogens (tertiary/aromatic N) is 1. The molecule has 2 rings (SSSR count). The molecular weight excluding hydrogens is 359 g/mol. The van der Waals surface area contributed by atoms with Crippen LogP contribution in [-0.4, -0.2) is 29.2 Å². The van der Waals surface area contributed by atoms with Crippen LogP contribution < -0.4 is 16.2 Å². The molecule has 2 aromatic carbocycles. The maximum Gasteiger partial charge on any atom is 0.270 e. The van der Waals surface area contributed by atoms with Crippen LogP contribution in [0.25, 0.3) is 0 Å². The Labute approximate surface area is 152 Å². The topological polar surface area (TPSA) is 130 Å². The van der Waals surface area contributed by atoms with Crippen molar-refractivity contribution in [3.63, 3.8) is 0 Å². The van der Waals surface area contributed by atoms with E-state index in [1.807, 2.05) is 0 Å². The number of hydrogen-bond acceptors (Lipinski definition) is 5. The highest BCUT2D eigenvalue weighted by molar-refractivity contribution is 5.96. The predicted octanol–water partition coefficient (Wildman–Crippen LogP) is 0.854. The Kier molecular flexibility index (Phi) is 6.53. The third-order valence-corrected chi connectivity index (χ3v) is 3.33. The fourth-order valence-corrected chi connectivity index (χ4v) is 2.08. The van der Waals surface area contributed by atoms with Crippen molar-refractivity contribution in [2.24, 2.45) is 0 Å². The molecule has 0 aliphatic heterocycles. The number of carbonyl (C=O) groups excluding carboxylic acids is 3. The number of carbonyl (C=O) groups is 3. The van der Waals surface area contributed by atoms with Crippen molar-refractivity contribution in [2.75, 3.05) is 6.54 Å². The molecule has 0 spiro atoms. The molecule has 3 N–H and O–H groups in total. The Morgan fingerprint density at radius 1 is 1.00 bits per heavy atom. The molecule has 27 heavy (non-hydrogen) atoms. The van der Waals surface area contributed by atoms with Gasteiger partial charge in [-0.25, -0.2) is 4.39 Å². The molecular formula is C17H15FN4O5. The monoisotopic (exact) mass is 374 g/mol. The van der Waals surface area contributed by atoms with Crippen LogP contribution in [0.2, 0.25) is 0 Å². The number of nitro benzene ring substituents is 1. The predicted molar refractivity (Wildman–Crippen MR) is 91.8 cm³/mol. The molecule has 0 aromatic heterocycles. The second-order valence-electron chi connectivity index (χ2n) is 5.39. The number of halogens is 1. The van der Waals surface area contributed by atoms with Gasteiger partial charge in [0.2, 0.25) is 5.91 Å². The van der Waals surface area contributed by atoms with E-state index in [1.165, 1.54) is 36.4 Å². The van der Waals surface area contributed by atoms with Gasteiger partial charge in [0.15, 0.2) is 0 Å². The second kappa shape index (κ2) is 9.04. The maximum atomic E-state index is 13.0. The van der Waals surface area contributed by atoms with Gasteiger partial charge in [-0.1, -0.05) is 18.2 Å². The van der Waals surface area contributed by atoms with Crippen LogP contribution in [0.4, 0.5) is 10.1 Å². The van der Waals surface area contributed by atoms with Gasteiger partial charge in [-0.15, -0.1) is 0 Å². The van der Waals surface area contributed by atoms with Gasteiger partial charge in [-0.05, 0) is 23.8 Å². The molecule has 3 amide bonds. The lowest BCUT2D eigenvalue weighted by molar-refractivity contribution is -0.384. The molecule has 0 unspecified atom stereocenters. The largest absolute Gasteiger partial charge is 0.347 e. The van der Waals surface area contributed by atoms with E-state index < -0.39 is 35.0 Å². The van der Waals surface area contributed by atoms with Gasteiger partial charge in [0, 0.05) is 17.7 Å². The van der Waals surface area contributed by atoms with Gasteiger partial charge >= 0.3 is 0 Å². The van der Waals surface area contributed by atoms with Gasteiger partial charge in [0.05, 0.1) is 17.9 Å². The number of hydrogen-bond donors (Lipinski definition) is 3. The molecule has 0 atom stereocenters. The number of hydrazine groups is 1.